The van der Waals surface area contributed by atoms with Crippen molar-refractivity contribution in [3.05, 3.63) is 36.2 Å². The topological polar surface area (TPSA) is 59.2 Å². The van der Waals surface area contributed by atoms with E-state index in [0.717, 1.165) is 57.0 Å². The number of aromatic nitrogens is 4. The zero-order valence-electron chi connectivity index (χ0n) is 16.1. The molecule has 142 valence electrons. The minimum Gasteiger partial charge on any atom is -0.340 e. The molecule has 0 N–H and O–H groups in total. The number of hydrogen-bond donors (Lipinski definition) is 0. The van der Waals surface area contributed by atoms with Crippen LogP contribution in [0.1, 0.15) is 36.7 Å². The standard InChI is InChI=1S/C19H30N6O/c1-16-7-12-25(21-16)15-18(26)24-10-4-6-17(14-24)19-20-8-13-23(19)11-5-9-22(2)3/h7-8,12-13,17H,4-6,9-11,14-15H2,1-3H3/t17-/m1/s1. The summed E-state index contributed by atoms with van der Waals surface area (Å²) in [5.74, 6) is 1.58. The SMILES string of the molecule is Cc1ccn(CC(=O)N2CCC[C@@H](c3nccn3CCCN(C)C)C2)n1. The molecule has 0 aliphatic carbocycles. The Morgan fingerprint density at radius 3 is 2.92 bits per heavy atom. The van der Waals surface area contributed by atoms with Crippen molar-refractivity contribution in [1.29, 1.82) is 0 Å². The number of aryl methyl sites for hydroxylation is 2. The summed E-state index contributed by atoms with van der Waals surface area (Å²) in [5, 5.41) is 4.33. The van der Waals surface area contributed by atoms with E-state index in [1.165, 1.54) is 0 Å². The minimum atomic E-state index is 0.142. The van der Waals surface area contributed by atoms with Crippen LogP contribution in [0.4, 0.5) is 0 Å². The first-order valence-corrected chi connectivity index (χ1v) is 9.46. The number of nitrogens with zero attached hydrogens (tertiary/aromatic N) is 6. The number of carbonyl (C=O) groups is 1. The molecule has 1 aliphatic rings. The van der Waals surface area contributed by atoms with Crippen LogP contribution in [0, 0.1) is 6.92 Å². The normalized spacial score (nSPS) is 17.8. The van der Waals surface area contributed by atoms with E-state index in [1.54, 1.807) is 4.68 Å². The van der Waals surface area contributed by atoms with Crippen LogP contribution >= 0.6 is 0 Å². The van der Waals surface area contributed by atoms with Gasteiger partial charge in [-0.05, 0) is 52.9 Å². The fourth-order valence-corrected chi connectivity index (χ4v) is 3.63. The van der Waals surface area contributed by atoms with Gasteiger partial charge in [-0.2, -0.15) is 5.10 Å². The number of likely N-dealkylation sites (tertiary alicyclic amines) is 1. The molecule has 3 rings (SSSR count). The smallest absolute Gasteiger partial charge is 0.244 e. The van der Waals surface area contributed by atoms with Crippen LogP contribution in [-0.4, -0.2) is 68.8 Å². The maximum Gasteiger partial charge on any atom is 0.244 e. The van der Waals surface area contributed by atoms with Gasteiger partial charge in [0.05, 0.1) is 5.69 Å². The first-order chi connectivity index (χ1) is 12.5. The average molecular weight is 358 g/mol. The Morgan fingerprint density at radius 1 is 1.35 bits per heavy atom. The van der Waals surface area contributed by atoms with Crippen molar-refractivity contribution < 1.29 is 4.79 Å². The molecule has 0 spiro atoms. The zero-order valence-corrected chi connectivity index (χ0v) is 16.1. The van der Waals surface area contributed by atoms with Gasteiger partial charge in [-0.15, -0.1) is 0 Å². The van der Waals surface area contributed by atoms with Gasteiger partial charge in [0.1, 0.15) is 12.4 Å². The average Bonchev–Trinajstić information content (AvgIpc) is 3.23. The molecule has 1 saturated heterocycles. The molecular weight excluding hydrogens is 328 g/mol. The summed E-state index contributed by atoms with van der Waals surface area (Å²) < 4.78 is 3.99. The Hall–Kier alpha value is -2.15. The lowest BCUT2D eigenvalue weighted by Crippen LogP contribution is -2.41. The van der Waals surface area contributed by atoms with Crippen LogP contribution in [0.3, 0.4) is 0 Å². The van der Waals surface area contributed by atoms with Crippen molar-refractivity contribution in [2.24, 2.45) is 0 Å². The summed E-state index contributed by atoms with van der Waals surface area (Å²) in [7, 11) is 4.20. The molecule has 1 atom stereocenters. The van der Waals surface area contributed by atoms with E-state index in [2.05, 4.69) is 39.8 Å². The van der Waals surface area contributed by atoms with Crippen molar-refractivity contribution >= 4 is 5.91 Å². The molecule has 0 aromatic carbocycles. The van der Waals surface area contributed by atoms with Gasteiger partial charge < -0.3 is 14.4 Å². The summed E-state index contributed by atoms with van der Waals surface area (Å²) >= 11 is 0. The molecule has 0 bridgehead atoms. The summed E-state index contributed by atoms with van der Waals surface area (Å²) in [6.07, 6.45) is 9.04. The van der Waals surface area contributed by atoms with Crippen LogP contribution in [0.5, 0.6) is 0 Å². The van der Waals surface area contributed by atoms with E-state index in [9.17, 15) is 4.79 Å². The maximum absolute atomic E-state index is 12.7. The van der Waals surface area contributed by atoms with E-state index < -0.39 is 0 Å². The monoisotopic (exact) mass is 358 g/mol. The molecule has 2 aromatic heterocycles. The van der Waals surface area contributed by atoms with Crippen molar-refractivity contribution in [1.82, 2.24) is 29.1 Å². The van der Waals surface area contributed by atoms with Gasteiger partial charge in [-0.1, -0.05) is 0 Å². The fraction of sp³-hybridized carbons (Fsp3) is 0.632. The van der Waals surface area contributed by atoms with E-state index in [0.29, 0.717) is 12.5 Å². The van der Waals surface area contributed by atoms with Crippen molar-refractivity contribution in [3.63, 3.8) is 0 Å². The van der Waals surface area contributed by atoms with E-state index in [1.807, 2.05) is 30.3 Å². The molecule has 1 fully saturated rings. The molecule has 3 heterocycles. The molecule has 1 aliphatic heterocycles. The van der Waals surface area contributed by atoms with Gasteiger partial charge in [0.15, 0.2) is 0 Å². The third-order valence-electron chi connectivity index (χ3n) is 4.96. The van der Waals surface area contributed by atoms with Gasteiger partial charge in [0.25, 0.3) is 0 Å². The fourth-order valence-electron chi connectivity index (χ4n) is 3.63. The lowest BCUT2D eigenvalue weighted by molar-refractivity contribution is -0.133. The summed E-state index contributed by atoms with van der Waals surface area (Å²) in [6, 6.07) is 1.93. The highest BCUT2D eigenvalue weighted by Crippen LogP contribution is 2.26. The Kier molecular flexibility index (Phi) is 6.08. The second-order valence-corrected chi connectivity index (χ2v) is 7.47. The largest absolute Gasteiger partial charge is 0.340 e. The molecule has 0 saturated carbocycles. The Labute approximate surface area is 155 Å². The third-order valence-corrected chi connectivity index (χ3v) is 4.96. The number of amides is 1. The van der Waals surface area contributed by atoms with Crippen LogP contribution in [0.2, 0.25) is 0 Å². The van der Waals surface area contributed by atoms with Gasteiger partial charge in [0, 0.05) is 44.1 Å². The van der Waals surface area contributed by atoms with Gasteiger partial charge >= 0.3 is 0 Å². The third kappa shape index (κ3) is 4.72. The van der Waals surface area contributed by atoms with Crippen LogP contribution in [0.25, 0.3) is 0 Å². The number of piperidine rings is 1. The van der Waals surface area contributed by atoms with Gasteiger partial charge in [-0.3, -0.25) is 9.48 Å². The lowest BCUT2D eigenvalue weighted by Gasteiger charge is -2.32. The molecule has 26 heavy (non-hydrogen) atoms. The first kappa shape index (κ1) is 18.6. The molecule has 0 unspecified atom stereocenters. The van der Waals surface area contributed by atoms with Crippen LogP contribution in [0.15, 0.2) is 24.7 Å². The second-order valence-electron chi connectivity index (χ2n) is 7.47. The molecule has 0 radical (unpaired) electrons. The highest BCUT2D eigenvalue weighted by Gasteiger charge is 2.27. The number of carbonyl (C=O) groups excluding carboxylic acids is 1. The predicted molar refractivity (Wildman–Crippen MR) is 101 cm³/mol. The molecule has 7 nitrogen and oxygen atoms in total. The summed E-state index contributed by atoms with van der Waals surface area (Å²) in [6.45, 7) is 5.88. The van der Waals surface area contributed by atoms with Gasteiger partial charge in [-0.25, -0.2) is 4.98 Å². The van der Waals surface area contributed by atoms with Crippen molar-refractivity contribution in [2.75, 3.05) is 33.7 Å². The number of hydrogen-bond acceptors (Lipinski definition) is 4. The Balaban J connectivity index is 1.60. The van der Waals surface area contributed by atoms with Crippen LogP contribution in [-0.2, 0) is 17.9 Å². The van der Waals surface area contributed by atoms with E-state index in [-0.39, 0.29) is 5.91 Å². The zero-order chi connectivity index (χ0) is 18.5. The first-order valence-electron chi connectivity index (χ1n) is 9.46. The number of imidazole rings is 1. The molecular formula is C19H30N6O. The minimum absolute atomic E-state index is 0.142. The van der Waals surface area contributed by atoms with Crippen LogP contribution < -0.4 is 0 Å². The van der Waals surface area contributed by atoms with E-state index in [4.69, 9.17) is 0 Å². The van der Waals surface area contributed by atoms with Crippen molar-refractivity contribution in [2.45, 2.75) is 45.2 Å². The van der Waals surface area contributed by atoms with Gasteiger partial charge in [0.2, 0.25) is 5.91 Å². The number of rotatable bonds is 7. The quantitative estimate of drug-likeness (QED) is 0.757. The summed E-state index contributed by atoms with van der Waals surface area (Å²) in [4.78, 5) is 21.4. The van der Waals surface area contributed by atoms with E-state index >= 15 is 0 Å². The Morgan fingerprint density at radius 2 is 2.19 bits per heavy atom. The highest BCUT2D eigenvalue weighted by atomic mass is 16.2. The second kappa shape index (κ2) is 8.49. The predicted octanol–water partition coefficient (Wildman–Crippen LogP) is 1.75. The molecule has 1 amide bonds. The molecule has 2 aromatic rings. The maximum atomic E-state index is 12.7. The summed E-state index contributed by atoms with van der Waals surface area (Å²) in [5.41, 5.74) is 0.939. The molecule has 7 heteroatoms. The Bertz CT molecular complexity index is 719. The highest BCUT2D eigenvalue weighted by molar-refractivity contribution is 5.76. The lowest BCUT2D eigenvalue weighted by atomic mass is 9.97. The van der Waals surface area contributed by atoms with Crippen molar-refractivity contribution in [3.8, 4) is 0 Å².